The van der Waals surface area contributed by atoms with Gasteiger partial charge in [0.25, 0.3) is 5.56 Å². The Morgan fingerprint density at radius 2 is 2.27 bits per heavy atom. The lowest BCUT2D eigenvalue weighted by molar-refractivity contribution is 0.851. The quantitative estimate of drug-likeness (QED) is 0.629. The summed E-state index contributed by atoms with van der Waals surface area (Å²) in [4.78, 5) is 11.2. The molecular formula is C8H10ClNO. The molecule has 0 amide bonds. The van der Waals surface area contributed by atoms with Gasteiger partial charge >= 0.3 is 0 Å². The summed E-state index contributed by atoms with van der Waals surface area (Å²) in [6, 6.07) is 1.86. The van der Waals surface area contributed by atoms with Crippen LogP contribution in [0.25, 0.3) is 0 Å². The molecule has 0 aliphatic carbocycles. The maximum Gasteiger partial charge on any atom is 0.269 e. The Morgan fingerprint density at radius 1 is 1.64 bits per heavy atom. The summed E-state index contributed by atoms with van der Waals surface area (Å²) in [6.07, 6.45) is 2.53. The molecule has 0 aliphatic rings. The van der Waals surface area contributed by atoms with E-state index in [-0.39, 0.29) is 5.56 Å². The van der Waals surface area contributed by atoms with E-state index in [1.165, 1.54) is 4.57 Å². The van der Waals surface area contributed by atoms with Gasteiger partial charge in [0.15, 0.2) is 0 Å². The third kappa shape index (κ3) is 1.46. The predicted molar refractivity (Wildman–Crippen MR) is 46.1 cm³/mol. The van der Waals surface area contributed by atoms with Gasteiger partial charge in [-0.3, -0.25) is 4.79 Å². The van der Waals surface area contributed by atoms with E-state index in [1.807, 2.05) is 13.0 Å². The Morgan fingerprint density at radius 3 is 2.82 bits per heavy atom. The second-order valence-electron chi connectivity index (χ2n) is 2.42. The number of hydrogen-bond donors (Lipinski definition) is 0. The molecular weight excluding hydrogens is 162 g/mol. The number of pyridine rings is 1. The van der Waals surface area contributed by atoms with Gasteiger partial charge in [-0.15, -0.1) is 0 Å². The van der Waals surface area contributed by atoms with E-state index in [4.69, 9.17) is 11.6 Å². The first-order valence-electron chi connectivity index (χ1n) is 3.50. The van der Waals surface area contributed by atoms with Crippen molar-refractivity contribution >= 4 is 11.6 Å². The number of aryl methyl sites for hydroxylation is 2. The molecule has 0 atom stereocenters. The number of halogens is 1. The number of rotatable bonds is 1. The van der Waals surface area contributed by atoms with Crippen LogP contribution in [0.1, 0.15) is 12.5 Å². The van der Waals surface area contributed by atoms with Crippen molar-refractivity contribution in [1.82, 2.24) is 4.57 Å². The van der Waals surface area contributed by atoms with E-state index < -0.39 is 0 Å². The predicted octanol–water partition coefficient (Wildman–Crippen LogP) is 1.60. The molecule has 0 unspecified atom stereocenters. The summed E-state index contributed by atoms with van der Waals surface area (Å²) < 4.78 is 1.47. The monoisotopic (exact) mass is 171 g/mol. The normalized spacial score (nSPS) is 10.1. The van der Waals surface area contributed by atoms with Crippen molar-refractivity contribution < 1.29 is 0 Å². The van der Waals surface area contributed by atoms with Crippen LogP contribution in [-0.2, 0) is 13.5 Å². The zero-order valence-corrected chi connectivity index (χ0v) is 7.35. The van der Waals surface area contributed by atoms with Gasteiger partial charge < -0.3 is 4.57 Å². The molecule has 1 aromatic heterocycles. The van der Waals surface area contributed by atoms with Gasteiger partial charge in [0.05, 0.1) is 0 Å². The summed E-state index contributed by atoms with van der Waals surface area (Å²) in [5, 5.41) is 0.345. The first-order valence-corrected chi connectivity index (χ1v) is 3.88. The maximum atomic E-state index is 11.2. The molecule has 0 aromatic carbocycles. The zero-order valence-electron chi connectivity index (χ0n) is 6.60. The molecule has 1 aromatic rings. The Bertz CT molecular complexity index is 316. The minimum Gasteiger partial charge on any atom is -0.317 e. The average Bonchev–Trinajstić information content (AvgIpc) is 2.01. The van der Waals surface area contributed by atoms with Crippen LogP contribution in [0.3, 0.4) is 0 Å². The maximum absolute atomic E-state index is 11.2. The summed E-state index contributed by atoms with van der Waals surface area (Å²) in [5.41, 5.74) is 0.792. The van der Waals surface area contributed by atoms with Crippen LogP contribution in [0.5, 0.6) is 0 Å². The van der Waals surface area contributed by atoms with Gasteiger partial charge in [-0.05, 0) is 18.1 Å². The lowest BCUT2D eigenvalue weighted by Gasteiger charge is -2.01. The fraction of sp³-hybridized carbons (Fsp3) is 0.375. The van der Waals surface area contributed by atoms with E-state index in [1.54, 1.807) is 13.2 Å². The molecule has 0 bridgehead atoms. The van der Waals surface area contributed by atoms with Gasteiger partial charge in [-0.25, -0.2) is 0 Å². The van der Waals surface area contributed by atoms with Gasteiger partial charge in [0.1, 0.15) is 5.02 Å². The van der Waals surface area contributed by atoms with Gasteiger partial charge in [0, 0.05) is 13.2 Å². The van der Waals surface area contributed by atoms with Crippen molar-refractivity contribution in [3.8, 4) is 0 Å². The molecule has 2 nitrogen and oxygen atoms in total. The van der Waals surface area contributed by atoms with Crippen LogP contribution in [0, 0.1) is 0 Å². The molecule has 0 spiro atoms. The Hall–Kier alpha value is -0.760. The highest BCUT2D eigenvalue weighted by Gasteiger charge is 2.02. The smallest absolute Gasteiger partial charge is 0.269 e. The van der Waals surface area contributed by atoms with Crippen molar-refractivity contribution in [1.29, 1.82) is 0 Å². The molecule has 60 valence electrons. The SMILES string of the molecule is CCc1ccn(C)c(=O)c1Cl. The van der Waals surface area contributed by atoms with Crippen molar-refractivity contribution in [2.75, 3.05) is 0 Å². The van der Waals surface area contributed by atoms with Crippen LogP contribution >= 0.6 is 11.6 Å². The highest BCUT2D eigenvalue weighted by molar-refractivity contribution is 6.31. The lowest BCUT2D eigenvalue weighted by Crippen LogP contribution is -2.17. The summed E-state index contributed by atoms with van der Waals surface area (Å²) in [5.74, 6) is 0. The standard InChI is InChI=1S/C8H10ClNO/c1-3-6-4-5-10(2)8(11)7(6)9/h4-5H,3H2,1-2H3. The largest absolute Gasteiger partial charge is 0.317 e. The van der Waals surface area contributed by atoms with Crippen molar-refractivity contribution in [3.63, 3.8) is 0 Å². The summed E-state index contributed by atoms with van der Waals surface area (Å²) in [7, 11) is 1.69. The highest BCUT2D eigenvalue weighted by atomic mass is 35.5. The molecule has 0 fully saturated rings. The van der Waals surface area contributed by atoms with Crippen molar-refractivity contribution in [2.24, 2.45) is 7.05 Å². The minimum atomic E-state index is -0.119. The van der Waals surface area contributed by atoms with E-state index in [2.05, 4.69) is 0 Å². The fourth-order valence-electron chi connectivity index (χ4n) is 0.908. The van der Waals surface area contributed by atoms with Gasteiger partial charge in [-0.1, -0.05) is 18.5 Å². The number of nitrogens with zero attached hydrogens (tertiary/aromatic N) is 1. The molecule has 1 rings (SSSR count). The molecule has 0 saturated carbocycles. The van der Waals surface area contributed by atoms with Crippen LogP contribution in [0.15, 0.2) is 17.1 Å². The van der Waals surface area contributed by atoms with Gasteiger partial charge in [0.2, 0.25) is 0 Å². The molecule has 1 heterocycles. The summed E-state index contributed by atoms with van der Waals surface area (Å²) >= 11 is 5.77. The average molecular weight is 172 g/mol. The molecule has 0 saturated heterocycles. The summed E-state index contributed by atoms with van der Waals surface area (Å²) in [6.45, 7) is 1.97. The first-order chi connectivity index (χ1) is 5.16. The zero-order chi connectivity index (χ0) is 8.43. The van der Waals surface area contributed by atoms with Crippen molar-refractivity contribution in [3.05, 3.63) is 33.2 Å². The second kappa shape index (κ2) is 3.09. The van der Waals surface area contributed by atoms with Crippen LogP contribution in [0.4, 0.5) is 0 Å². The first kappa shape index (κ1) is 8.34. The fourth-order valence-corrected chi connectivity index (χ4v) is 1.24. The number of hydrogen-bond acceptors (Lipinski definition) is 1. The lowest BCUT2D eigenvalue weighted by atomic mass is 10.2. The highest BCUT2D eigenvalue weighted by Crippen LogP contribution is 2.09. The van der Waals surface area contributed by atoms with E-state index >= 15 is 0 Å². The van der Waals surface area contributed by atoms with Crippen LogP contribution < -0.4 is 5.56 Å². The molecule has 0 aliphatic heterocycles. The van der Waals surface area contributed by atoms with Gasteiger partial charge in [-0.2, -0.15) is 0 Å². The number of aromatic nitrogens is 1. The Balaban J connectivity index is 3.37. The Kier molecular flexibility index (Phi) is 2.35. The molecule has 11 heavy (non-hydrogen) atoms. The van der Waals surface area contributed by atoms with Crippen molar-refractivity contribution in [2.45, 2.75) is 13.3 Å². The van der Waals surface area contributed by atoms with E-state index in [9.17, 15) is 4.79 Å². The van der Waals surface area contributed by atoms with Crippen LogP contribution in [0.2, 0.25) is 5.02 Å². The molecule has 0 N–H and O–H groups in total. The topological polar surface area (TPSA) is 22.0 Å². The minimum absolute atomic E-state index is 0.119. The third-order valence-electron chi connectivity index (χ3n) is 1.67. The Labute approximate surface area is 70.4 Å². The van der Waals surface area contributed by atoms with E-state index in [0.717, 1.165) is 12.0 Å². The second-order valence-corrected chi connectivity index (χ2v) is 2.80. The molecule has 3 heteroatoms. The molecule has 0 radical (unpaired) electrons. The third-order valence-corrected chi connectivity index (χ3v) is 2.07. The van der Waals surface area contributed by atoms with Crippen LogP contribution in [-0.4, -0.2) is 4.57 Å². The van der Waals surface area contributed by atoms with E-state index in [0.29, 0.717) is 5.02 Å².